The topological polar surface area (TPSA) is 98.8 Å². The number of fused-ring (bicyclic) bond motifs is 1. The average molecular weight is 468 g/mol. The molecule has 0 aliphatic carbocycles. The van der Waals surface area contributed by atoms with Crippen LogP contribution in [-0.4, -0.2) is 44.2 Å². The van der Waals surface area contributed by atoms with Gasteiger partial charge in [0.05, 0.1) is 12.3 Å². The minimum Gasteiger partial charge on any atom is -0.392 e. The van der Waals surface area contributed by atoms with Crippen LogP contribution in [0.1, 0.15) is 24.0 Å². The quantitative estimate of drug-likeness (QED) is 0.347. The molecule has 0 spiro atoms. The van der Waals surface area contributed by atoms with Crippen molar-refractivity contribution in [1.29, 1.82) is 0 Å². The number of rotatable bonds is 5. The van der Waals surface area contributed by atoms with Crippen LogP contribution >= 0.6 is 0 Å². The van der Waals surface area contributed by atoms with Crippen molar-refractivity contribution in [2.75, 3.05) is 18.4 Å². The summed E-state index contributed by atoms with van der Waals surface area (Å²) in [4.78, 5) is 15.5. The van der Waals surface area contributed by atoms with Crippen molar-refractivity contribution in [2.24, 2.45) is 0 Å². The summed E-state index contributed by atoms with van der Waals surface area (Å²) in [6.07, 6.45) is 2.92. The van der Waals surface area contributed by atoms with Crippen molar-refractivity contribution in [1.82, 2.24) is 25.3 Å². The smallest absolute Gasteiger partial charge is 0.392 e. The second kappa shape index (κ2) is 9.03. The lowest BCUT2D eigenvalue weighted by Crippen LogP contribution is -2.38. The molecule has 7 nitrogen and oxygen atoms in total. The van der Waals surface area contributed by atoms with Crippen molar-refractivity contribution in [3.05, 3.63) is 60.2 Å². The van der Waals surface area contributed by atoms with E-state index in [9.17, 15) is 18.3 Å². The van der Waals surface area contributed by atoms with E-state index in [-0.39, 0.29) is 24.3 Å². The van der Waals surface area contributed by atoms with Crippen LogP contribution in [0.5, 0.6) is 0 Å². The number of halogens is 3. The molecule has 34 heavy (non-hydrogen) atoms. The number of hydrogen-bond donors (Lipinski definition) is 4. The SMILES string of the molecule is OCc1cncc(-c2ccc3c(-c4nc(N[C@H]5CCCNC5)ncc4C(F)(F)F)c[nH]c3c2)c1. The van der Waals surface area contributed by atoms with Crippen molar-refractivity contribution in [2.45, 2.75) is 31.7 Å². The molecule has 3 aromatic heterocycles. The zero-order valence-corrected chi connectivity index (χ0v) is 18.2. The Morgan fingerprint density at radius 2 is 2.00 bits per heavy atom. The highest BCUT2D eigenvalue weighted by molar-refractivity contribution is 5.97. The maximum absolute atomic E-state index is 13.8. The van der Waals surface area contributed by atoms with Gasteiger partial charge < -0.3 is 20.7 Å². The van der Waals surface area contributed by atoms with E-state index in [0.29, 0.717) is 28.6 Å². The molecule has 176 valence electrons. The lowest BCUT2D eigenvalue weighted by atomic mass is 10.0. The summed E-state index contributed by atoms with van der Waals surface area (Å²) in [6.45, 7) is 1.51. The molecule has 0 unspecified atom stereocenters. The fraction of sp³-hybridized carbons (Fsp3) is 0.292. The Morgan fingerprint density at radius 3 is 2.76 bits per heavy atom. The number of piperidine rings is 1. The molecule has 1 aliphatic heterocycles. The Balaban J connectivity index is 1.55. The van der Waals surface area contributed by atoms with Crippen molar-refractivity contribution >= 4 is 16.9 Å². The minimum atomic E-state index is -4.60. The number of hydrogen-bond acceptors (Lipinski definition) is 6. The average Bonchev–Trinajstić information content (AvgIpc) is 3.27. The summed E-state index contributed by atoms with van der Waals surface area (Å²) in [5, 5.41) is 16.4. The van der Waals surface area contributed by atoms with Crippen LogP contribution in [0.2, 0.25) is 0 Å². The lowest BCUT2D eigenvalue weighted by molar-refractivity contribution is -0.137. The third kappa shape index (κ3) is 4.46. The first kappa shape index (κ1) is 22.3. The number of pyridine rings is 1. The molecule has 4 N–H and O–H groups in total. The molecule has 0 saturated carbocycles. The van der Waals surface area contributed by atoms with E-state index in [1.54, 1.807) is 24.7 Å². The molecule has 0 bridgehead atoms. The van der Waals surface area contributed by atoms with Crippen molar-refractivity contribution < 1.29 is 18.3 Å². The fourth-order valence-corrected chi connectivity index (χ4v) is 4.26. The summed E-state index contributed by atoms with van der Waals surface area (Å²) in [7, 11) is 0. The van der Waals surface area contributed by atoms with Gasteiger partial charge in [0, 0.05) is 59.4 Å². The van der Waals surface area contributed by atoms with Gasteiger partial charge in [-0.15, -0.1) is 0 Å². The first-order valence-electron chi connectivity index (χ1n) is 11.0. The minimum absolute atomic E-state index is 0.0622. The van der Waals surface area contributed by atoms with Crippen LogP contribution in [0.25, 0.3) is 33.3 Å². The van der Waals surface area contributed by atoms with Gasteiger partial charge in [-0.25, -0.2) is 9.97 Å². The third-order valence-corrected chi connectivity index (χ3v) is 5.97. The van der Waals surface area contributed by atoms with Gasteiger partial charge in [0.15, 0.2) is 0 Å². The van der Waals surface area contributed by atoms with Crippen molar-refractivity contribution in [3.63, 3.8) is 0 Å². The molecule has 10 heteroatoms. The van der Waals surface area contributed by atoms with Gasteiger partial charge in [0.25, 0.3) is 0 Å². The number of aromatic amines is 1. The summed E-state index contributed by atoms with van der Waals surface area (Å²) in [5.41, 5.74) is 2.27. The van der Waals surface area contributed by atoms with Crippen LogP contribution in [-0.2, 0) is 12.8 Å². The Hall–Kier alpha value is -3.50. The maximum atomic E-state index is 13.8. The molecule has 0 amide bonds. The fourth-order valence-electron chi connectivity index (χ4n) is 4.26. The number of benzene rings is 1. The van der Waals surface area contributed by atoms with Crippen molar-refractivity contribution in [3.8, 4) is 22.4 Å². The standard InChI is InChI=1S/C24H23F3N6O/c25-24(26,27)20-12-31-23(32-17-2-1-5-28-10-17)33-22(20)19-11-30-21-7-15(3-4-18(19)21)16-6-14(13-34)8-29-9-16/h3-4,6-9,11-12,17,28,30,34H,1-2,5,10,13H2,(H,31,32,33)/t17-/m0/s1. The second-order valence-electron chi connectivity index (χ2n) is 8.34. The summed E-state index contributed by atoms with van der Waals surface area (Å²) >= 11 is 0. The number of aromatic nitrogens is 4. The number of aliphatic hydroxyl groups excluding tert-OH is 1. The Kier molecular flexibility index (Phi) is 5.93. The predicted octanol–water partition coefficient (Wildman–Crippen LogP) is 4.36. The molecular weight excluding hydrogens is 445 g/mol. The van der Waals surface area contributed by atoms with Gasteiger partial charge in [-0.2, -0.15) is 13.2 Å². The number of H-pyrrole nitrogens is 1. The van der Waals surface area contributed by atoms with E-state index in [1.165, 1.54) is 0 Å². The van der Waals surface area contributed by atoms with E-state index < -0.39 is 11.7 Å². The molecule has 1 aromatic carbocycles. The maximum Gasteiger partial charge on any atom is 0.419 e. The molecule has 5 rings (SSSR count). The van der Waals surface area contributed by atoms with E-state index in [0.717, 1.165) is 36.7 Å². The molecule has 1 aliphatic rings. The van der Waals surface area contributed by atoms with Gasteiger partial charge >= 0.3 is 6.18 Å². The number of anilines is 1. The second-order valence-corrected chi connectivity index (χ2v) is 8.34. The normalized spacial score (nSPS) is 16.6. The Bertz CT molecular complexity index is 1310. The van der Waals surface area contributed by atoms with Gasteiger partial charge in [0.1, 0.15) is 5.56 Å². The number of nitrogens with zero attached hydrogens (tertiary/aromatic N) is 3. The van der Waals surface area contributed by atoms with Gasteiger partial charge in [-0.3, -0.25) is 4.98 Å². The summed E-state index contributed by atoms with van der Waals surface area (Å²) in [6, 6.07) is 7.31. The molecule has 4 heterocycles. The lowest BCUT2D eigenvalue weighted by Gasteiger charge is -2.24. The third-order valence-electron chi connectivity index (χ3n) is 5.97. The van der Waals surface area contributed by atoms with E-state index in [1.807, 2.05) is 18.2 Å². The van der Waals surface area contributed by atoms with Crippen LogP contribution < -0.4 is 10.6 Å². The van der Waals surface area contributed by atoms with Crippen LogP contribution in [0.15, 0.2) is 49.1 Å². The zero-order valence-electron chi connectivity index (χ0n) is 18.2. The van der Waals surface area contributed by atoms with Crippen LogP contribution in [0.4, 0.5) is 19.1 Å². The zero-order chi connectivity index (χ0) is 23.7. The van der Waals surface area contributed by atoms with E-state index >= 15 is 0 Å². The van der Waals surface area contributed by atoms with E-state index in [4.69, 9.17) is 0 Å². The summed E-state index contributed by atoms with van der Waals surface area (Å²) < 4.78 is 41.5. The highest BCUT2D eigenvalue weighted by atomic mass is 19.4. The number of alkyl halides is 3. The van der Waals surface area contributed by atoms with Gasteiger partial charge in [-0.1, -0.05) is 12.1 Å². The molecule has 0 radical (unpaired) electrons. The summed E-state index contributed by atoms with van der Waals surface area (Å²) in [5.74, 6) is 0.176. The van der Waals surface area contributed by atoms with Crippen LogP contribution in [0, 0.1) is 0 Å². The highest BCUT2D eigenvalue weighted by Crippen LogP contribution is 2.39. The predicted molar refractivity (Wildman–Crippen MR) is 123 cm³/mol. The molecule has 1 atom stereocenters. The van der Waals surface area contributed by atoms with E-state index in [2.05, 4.69) is 30.6 Å². The Labute approximate surface area is 193 Å². The first-order valence-corrected chi connectivity index (χ1v) is 11.0. The Morgan fingerprint density at radius 1 is 1.12 bits per heavy atom. The molecule has 1 saturated heterocycles. The number of nitrogens with one attached hydrogen (secondary N) is 3. The van der Waals surface area contributed by atoms with Gasteiger partial charge in [0.2, 0.25) is 5.95 Å². The number of aliphatic hydroxyl groups is 1. The van der Waals surface area contributed by atoms with Crippen LogP contribution in [0.3, 0.4) is 0 Å². The molecular formula is C24H23F3N6O. The molecule has 4 aromatic rings. The monoisotopic (exact) mass is 468 g/mol. The molecule has 1 fully saturated rings. The van der Waals surface area contributed by atoms with Gasteiger partial charge in [-0.05, 0) is 42.6 Å². The largest absolute Gasteiger partial charge is 0.419 e. The highest BCUT2D eigenvalue weighted by Gasteiger charge is 2.36. The first-order chi connectivity index (χ1) is 16.4.